The molecule has 0 bridgehead atoms. The Morgan fingerprint density at radius 1 is 1.35 bits per heavy atom. The van der Waals surface area contributed by atoms with E-state index in [1.54, 1.807) is 11.3 Å². The molecule has 1 aromatic carbocycles. The van der Waals surface area contributed by atoms with Crippen molar-refractivity contribution in [1.82, 2.24) is 10.3 Å². The quantitative estimate of drug-likeness (QED) is 0.646. The Bertz CT molecular complexity index is 746. The number of fused-ring (bicyclic) bond motifs is 1. The van der Waals surface area contributed by atoms with Crippen LogP contribution in [0.5, 0.6) is 0 Å². The second-order valence-corrected chi connectivity index (χ2v) is 5.56. The number of aromatic nitrogens is 1. The summed E-state index contributed by atoms with van der Waals surface area (Å²) in [7, 11) is 0. The number of rotatable bonds is 3. The molecule has 20 heavy (non-hydrogen) atoms. The summed E-state index contributed by atoms with van der Waals surface area (Å²) < 4.78 is 0. The highest BCUT2D eigenvalue weighted by Crippen LogP contribution is 2.20. The SMILES string of the molecule is CC(NC(=O)c1cc2cc(N)ccc2[nH]1)c1ccsc1. The molecule has 2 heterocycles. The summed E-state index contributed by atoms with van der Waals surface area (Å²) in [4.78, 5) is 15.3. The Balaban J connectivity index is 1.82. The third kappa shape index (κ3) is 2.40. The van der Waals surface area contributed by atoms with Crippen molar-refractivity contribution in [3.05, 3.63) is 52.3 Å². The molecule has 3 rings (SSSR count). The molecule has 0 fully saturated rings. The van der Waals surface area contributed by atoms with Crippen LogP contribution < -0.4 is 11.1 Å². The summed E-state index contributed by atoms with van der Waals surface area (Å²) in [6.45, 7) is 1.97. The minimum Gasteiger partial charge on any atom is -0.399 e. The Morgan fingerprint density at radius 2 is 2.20 bits per heavy atom. The first kappa shape index (κ1) is 12.7. The van der Waals surface area contributed by atoms with Crippen molar-refractivity contribution in [2.75, 3.05) is 5.73 Å². The van der Waals surface area contributed by atoms with Crippen molar-refractivity contribution < 1.29 is 4.79 Å². The van der Waals surface area contributed by atoms with Gasteiger partial charge in [-0.15, -0.1) is 0 Å². The molecule has 0 radical (unpaired) electrons. The molecule has 0 saturated heterocycles. The predicted octanol–water partition coefficient (Wildman–Crippen LogP) is 3.30. The van der Waals surface area contributed by atoms with E-state index in [0.29, 0.717) is 11.4 Å². The van der Waals surface area contributed by atoms with Crippen LogP contribution in [-0.2, 0) is 0 Å². The average molecular weight is 285 g/mol. The first-order valence-electron chi connectivity index (χ1n) is 6.34. The van der Waals surface area contributed by atoms with Crippen molar-refractivity contribution in [2.45, 2.75) is 13.0 Å². The first-order valence-corrected chi connectivity index (χ1v) is 7.29. The smallest absolute Gasteiger partial charge is 0.268 e. The van der Waals surface area contributed by atoms with Crippen molar-refractivity contribution in [2.24, 2.45) is 0 Å². The molecular formula is C15H15N3OS. The number of hydrogen-bond acceptors (Lipinski definition) is 3. The lowest BCUT2D eigenvalue weighted by atomic mass is 10.2. The zero-order valence-corrected chi connectivity index (χ0v) is 11.8. The number of amides is 1. The normalized spacial score (nSPS) is 12.4. The summed E-state index contributed by atoms with van der Waals surface area (Å²) >= 11 is 1.62. The molecule has 3 aromatic rings. The number of benzene rings is 1. The third-order valence-electron chi connectivity index (χ3n) is 3.28. The second kappa shape index (κ2) is 5.02. The van der Waals surface area contributed by atoms with Gasteiger partial charge in [0.2, 0.25) is 0 Å². The van der Waals surface area contributed by atoms with Gasteiger partial charge in [0.1, 0.15) is 5.69 Å². The van der Waals surface area contributed by atoms with Crippen LogP contribution in [0.25, 0.3) is 10.9 Å². The van der Waals surface area contributed by atoms with Crippen LogP contribution in [0.15, 0.2) is 41.1 Å². The number of nitrogens with two attached hydrogens (primary N) is 1. The number of H-pyrrole nitrogens is 1. The molecule has 1 atom stereocenters. The first-order chi connectivity index (χ1) is 9.63. The van der Waals surface area contributed by atoms with E-state index in [-0.39, 0.29) is 11.9 Å². The van der Waals surface area contributed by atoms with E-state index in [2.05, 4.69) is 10.3 Å². The topological polar surface area (TPSA) is 70.9 Å². The highest BCUT2D eigenvalue weighted by Gasteiger charge is 2.13. The molecule has 4 nitrogen and oxygen atoms in total. The van der Waals surface area contributed by atoms with Crippen molar-refractivity contribution >= 4 is 33.8 Å². The van der Waals surface area contributed by atoms with E-state index in [4.69, 9.17) is 5.73 Å². The minimum absolute atomic E-state index is 0.00904. The summed E-state index contributed by atoms with van der Waals surface area (Å²) in [6.07, 6.45) is 0. The Hall–Kier alpha value is -2.27. The summed E-state index contributed by atoms with van der Waals surface area (Å²) in [5.74, 6) is -0.113. The maximum Gasteiger partial charge on any atom is 0.268 e. The molecule has 0 aliphatic heterocycles. The highest BCUT2D eigenvalue weighted by molar-refractivity contribution is 7.07. The van der Waals surface area contributed by atoms with Gasteiger partial charge < -0.3 is 16.0 Å². The maximum absolute atomic E-state index is 12.2. The molecule has 0 saturated carbocycles. The third-order valence-corrected chi connectivity index (χ3v) is 3.98. The standard InChI is InChI=1S/C15H15N3OS/c1-9(10-4-5-20-8-10)17-15(19)14-7-11-6-12(16)2-3-13(11)18-14/h2-9,18H,16H2,1H3,(H,17,19). The van der Waals surface area contributed by atoms with Crippen LogP contribution >= 0.6 is 11.3 Å². The molecule has 1 unspecified atom stereocenters. The predicted molar refractivity (Wildman–Crippen MR) is 82.9 cm³/mol. The number of thiophene rings is 1. The van der Waals surface area contributed by atoms with Gasteiger partial charge >= 0.3 is 0 Å². The van der Waals surface area contributed by atoms with Crippen LogP contribution in [0.2, 0.25) is 0 Å². The van der Waals surface area contributed by atoms with Gasteiger partial charge in [-0.2, -0.15) is 11.3 Å². The lowest BCUT2D eigenvalue weighted by Gasteiger charge is -2.11. The van der Waals surface area contributed by atoms with Gasteiger partial charge in [-0.1, -0.05) is 0 Å². The minimum atomic E-state index is -0.113. The lowest BCUT2D eigenvalue weighted by molar-refractivity contribution is 0.0936. The number of nitrogen functional groups attached to an aromatic ring is 1. The fourth-order valence-corrected chi connectivity index (χ4v) is 2.91. The van der Waals surface area contributed by atoms with Gasteiger partial charge in [-0.3, -0.25) is 4.79 Å². The molecule has 1 amide bonds. The van der Waals surface area contributed by atoms with E-state index < -0.39 is 0 Å². The van der Waals surface area contributed by atoms with E-state index in [0.717, 1.165) is 16.5 Å². The summed E-state index contributed by atoms with van der Waals surface area (Å²) in [5, 5.41) is 7.96. The number of aromatic amines is 1. The van der Waals surface area contributed by atoms with E-state index >= 15 is 0 Å². The fourth-order valence-electron chi connectivity index (χ4n) is 2.15. The largest absolute Gasteiger partial charge is 0.399 e. The molecule has 5 heteroatoms. The van der Waals surface area contributed by atoms with Gasteiger partial charge in [-0.25, -0.2) is 0 Å². The maximum atomic E-state index is 12.2. The van der Waals surface area contributed by atoms with Gasteiger partial charge in [-0.05, 0) is 53.6 Å². The van der Waals surface area contributed by atoms with E-state index in [1.165, 1.54) is 0 Å². The lowest BCUT2D eigenvalue weighted by Crippen LogP contribution is -2.26. The van der Waals surface area contributed by atoms with Crippen molar-refractivity contribution in [3.8, 4) is 0 Å². The Labute approximate surface area is 120 Å². The van der Waals surface area contributed by atoms with Crippen LogP contribution in [0.3, 0.4) is 0 Å². The number of hydrogen-bond donors (Lipinski definition) is 3. The number of carbonyl (C=O) groups excluding carboxylic acids is 1. The summed E-state index contributed by atoms with van der Waals surface area (Å²) in [6, 6.07) is 9.37. The Kier molecular flexibility index (Phi) is 3.20. The molecule has 0 spiro atoms. The molecular weight excluding hydrogens is 270 g/mol. The molecule has 0 aliphatic rings. The van der Waals surface area contributed by atoms with Crippen molar-refractivity contribution in [1.29, 1.82) is 0 Å². The second-order valence-electron chi connectivity index (χ2n) is 4.78. The zero-order valence-electron chi connectivity index (χ0n) is 11.0. The van der Waals surface area contributed by atoms with Gasteiger partial charge in [0.15, 0.2) is 0 Å². The number of anilines is 1. The number of nitrogens with one attached hydrogen (secondary N) is 2. The van der Waals surface area contributed by atoms with Crippen LogP contribution in [0.4, 0.5) is 5.69 Å². The molecule has 2 aromatic heterocycles. The van der Waals surface area contributed by atoms with E-state index in [1.807, 2.05) is 48.0 Å². The molecule has 102 valence electrons. The van der Waals surface area contributed by atoms with Crippen LogP contribution in [0.1, 0.15) is 29.0 Å². The van der Waals surface area contributed by atoms with Crippen LogP contribution in [0, 0.1) is 0 Å². The van der Waals surface area contributed by atoms with Crippen LogP contribution in [-0.4, -0.2) is 10.9 Å². The number of carbonyl (C=O) groups is 1. The fraction of sp³-hybridized carbons (Fsp3) is 0.133. The van der Waals surface area contributed by atoms with E-state index in [9.17, 15) is 4.79 Å². The monoisotopic (exact) mass is 285 g/mol. The Morgan fingerprint density at radius 3 is 2.95 bits per heavy atom. The van der Waals surface area contributed by atoms with Crippen molar-refractivity contribution in [3.63, 3.8) is 0 Å². The molecule has 0 aliphatic carbocycles. The zero-order chi connectivity index (χ0) is 14.1. The van der Waals surface area contributed by atoms with Gasteiger partial charge in [0, 0.05) is 16.6 Å². The average Bonchev–Trinajstić information content (AvgIpc) is 3.07. The van der Waals surface area contributed by atoms with Gasteiger partial charge in [0.25, 0.3) is 5.91 Å². The van der Waals surface area contributed by atoms with Gasteiger partial charge in [0.05, 0.1) is 6.04 Å². The summed E-state index contributed by atoms with van der Waals surface area (Å²) in [5.41, 5.74) is 9.00. The molecule has 4 N–H and O–H groups in total. The highest BCUT2D eigenvalue weighted by atomic mass is 32.1.